The van der Waals surface area contributed by atoms with Gasteiger partial charge in [0.25, 0.3) is 0 Å². The van der Waals surface area contributed by atoms with Gasteiger partial charge in [0.05, 0.1) is 25.3 Å². The highest BCUT2D eigenvalue weighted by atomic mass is 16.5. The summed E-state index contributed by atoms with van der Waals surface area (Å²) in [5.74, 6) is 0.488. The number of β-amino-alcohol motifs (C(OH)–C–C–N with tert-alkyl or cyclic N) is 1. The summed E-state index contributed by atoms with van der Waals surface area (Å²) in [6, 6.07) is 19.9. The minimum absolute atomic E-state index is 0.253. The zero-order valence-electron chi connectivity index (χ0n) is 30.1. The van der Waals surface area contributed by atoms with Crippen molar-refractivity contribution in [3.63, 3.8) is 0 Å². The third kappa shape index (κ3) is 6.98. The van der Waals surface area contributed by atoms with Crippen LogP contribution in [0.3, 0.4) is 0 Å². The molecule has 0 radical (unpaired) electrons. The number of aliphatic hydroxyl groups excluding tert-OH is 1. The number of nitrogens with zero attached hydrogens (tertiary/aromatic N) is 4. The molecule has 9 heteroatoms. The van der Waals surface area contributed by atoms with E-state index in [1.807, 2.05) is 23.1 Å². The van der Waals surface area contributed by atoms with Crippen LogP contribution in [0.4, 0.5) is 5.69 Å². The van der Waals surface area contributed by atoms with E-state index >= 15 is 0 Å². The van der Waals surface area contributed by atoms with Crippen LogP contribution in [0.2, 0.25) is 0 Å². The number of carbonyl (C=O) groups is 1. The van der Waals surface area contributed by atoms with Crippen LogP contribution < -0.4 is 4.74 Å². The van der Waals surface area contributed by atoms with Crippen molar-refractivity contribution in [3.8, 4) is 28.3 Å². The third-order valence-electron chi connectivity index (χ3n) is 10.7. The van der Waals surface area contributed by atoms with Crippen LogP contribution >= 0.6 is 0 Å². The van der Waals surface area contributed by atoms with Gasteiger partial charge in [-0.1, -0.05) is 48.6 Å². The summed E-state index contributed by atoms with van der Waals surface area (Å²) in [7, 11) is 1.71. The number of carboxylic acid groups (broad SMARTS) is 1. The quantitative estimate of drug-likeness (QED) is 0.111. The molecule has 2 atom stereocenters. The van der Waals surface area contributed by atoms with Gasteiger partial charge in [-0.25, -0.2) is 9.83 Å². The summed E-state index contributed by atoms with van der Waals surface area (Å²) in [4.78, 5) is 24.6. The number of ether oxygens (including phenoxy) is 1. The minimum Gasteiger partial charge on any atom is -0.496 e. The molecule has 52 heavy (non-hydrogen) atoms. The molecule has 9 nitrogen and oxygen atoms in total. The highest BCUT2D eigenvalue weighted by Crippen LogP contribution is 2.38. The summed E-state index contributed by atoms with van der Waals surface area (Å²) in [6.45, 7) is 17.7. The van der Waals surface area contributed by atoms with Gasteiger partial charge in [-0.05, 0) is 115 Å². The topological polar surface area (TPSA) is 104 Å². The maximum Gasteiger partial charge on any atom is 0.320 e. The normalized spacial score (nSPS) is 18.1. The summed E-state index contributed by atoms with van der Waals surface area (Å²) in [5.41, 5.74) is 11.9. The van der Waals surface area contributed by atoms with Gasteiger partial charge in [-0.3, -0.25) is 14.6 Å². The highest BCUT2D eigenvalue weighted by molar-refractivity contribution is 5.90. The highest BCUT2D eigenvalue weighted by Gasteiger charge is 2.30. The number of aliphatic hydroxyl groups is 1. The molecule has 1 aromatic heterocycles. The van der Waals surface area contributed by atoms with Crippen molar-refractivity contribution in [2.24, 2.45) is 0 Å². The number of likely N-dealkylation sites (tertiary alicyclic amines) is 2. The van der Waals surface area contributed by atoms with Gasteiger partial charge in [-0.2, -0.15) is 0 Å². The number of aryl methyl sites for hydroxylation is 1. The second-order valence-corrected chi connectivity index (χ2v) is 14.1. The molecule has 2 fully saturated rings. The lowest BCUT2D eigenvalue weighted by atomic mass is 9.91. The molecule has 7 rings (SSSR count). The molecule has 0 unspecified atom stereocenters. The molecule has 2 saturated heterocycles. The van der Waals surface area contributed by atoms with Gasteiger partial charge in [-0.15, -0.1) is 0 Å². The van der Waals surface area contributed by atoms with E-state index in [0.717, 1.165) is 87.3 Å². The number of aliphatic carboxylic acids is 1. The smallest absolute Gasteiger partial charge is 0.320 e. The van der Waals surface area contributed by atoms with Gasteiger partial charge in [0.2, 0.25) is 11.6 Å². The molecule has 3 heterocycles. The van der Waals surface area contributed by atoms with E-state index in [1.165, 1.54) is 0 Å². The number of aromatic nitrogens is 1. The predicted octanol–water partition coefficient (Wildman–Crippen LogP) is 8.43. The molecule has 2 N–H and O–H groups in total. The van der Waals surface area contributed by atoms with E-state index in [-0.39, 0.29) is 6.10 Å². The van der Waals surface area contributed by atoms with Gasteiger partial charge >= 0.3 is 5.97 Å². The second kappa shape index (κ2) is 14.8. The van der Waals surface area contributed by atoms with Gasteiger partial charge < -0.3 is 19.4 Å². The molecule has 2 aliphatic rings. The van der Waals surface area contributed by atoms with Crippen molar-refractivity contribution >= 4 is 34.9 Å². The fourth-order valence-electron chi connectivity index (χ4n) is 7.81. The van der Waals surface area contributed by atoms with E-state index in [9.17, 15) is 15.0 Å². The lowest BCUT2D eigenvalue weighted by molar-refractivity contribution is -0.142. The molecule has 2 aliphatic heterocycles. The van der Waals surface area contributed by atoms with Crippen LogP contribution in [0.5, 0.6) is 5.75 Å². The number of oxazole rings is 1. The zero-order chi connectivity index (χ0) is 36.5. The van der Waals surface area contributed by atoms with Crippen LogP contribution in [-0.2, 0) is 17.9 Å². The lowest BCUT2D eigenvalue weighted by Gasteiger charge is -2.21. The Morgan fingerprint density at radius 2 is 1.73 bits per heavy atom. The second-order valence-electron chi connectivity index (χ2n) is 14.1. The standard InChI is InChI=1S/C43H44N4O5/c1-26-19-32(24-46-18-16-33(48)25-46)40(51-5)22-31(26)15-14-30-9-6-10-34(27(30)2)35-11-7-12-36(28(35)3)42-45-38-21-29(20-37(44-4)41(38)52-42)23-47-17-8-13-39(47)43(49)50/h6-7,9-12,14-15,19-22,33,39,48H,8,13,16-18,23-25H2,1-3,5H3,(H,49,50)/b15-14+/t33-,39+/m1/s1. The van der Waals surface area contributed by atoms with Crippen LogP contribution in [-0.4, -0.2) is 69.9 Å². The Hall–Kier alpha value is -5.27. The first-order valence-electron chi connectivity index (χ1n) is 17.9. The van der Waals surface area contributed by atoms with Crippen molar-refractivity contribution in [1.82, 2.24) is 14.8 Å². The Morgan fingerprint density at radius 1 is 0.981 bits per heavy atom. The Balaban J connectivity index is 1.16. The maximum atomic E-state index is 11.8. The monoisotopic (exact) mass is 696 g/mol. The van der Waals surface area contributed by atoms with Crippen molar-refractivity contribution < 1.29 is 24.2 Å². The Morgan fingerprint density at radius 3 is 2.46 bits per heavy atom. The lowest BCUT2D eigenvalue weighted by Crippen LogP contribution is -2.35. The number of hydrogen-bond donors (Lipinski definition) is 2. The zero-order valence-corrected chi connectivity index (χ0v) is 30.1. The molecule has 0 bridgehead atoms. The molecular weight excluding hydrogens is 652 g/mol. The largest absolute Gasteiger partial charge is 0.496 e. The van der Waals surface area contributed by atoms with Crippen LogP contribution in [0.1, 0.15) is 58.2 Å². The van der Waals surface area contributed by atoms with E-state index in [1.54, 1.807) is 13.2 Å². The van der Waals surface area contributed by atoms with Gasteiger partial charge in [0, 0.05) is 37.3 Å². The molecule has 5 aromatic rings. The summed E-state index contributed by atoms with van der Waals surface area (Å²) in [6.07, 6.45) is 6.32. The van der Waals surface area contributed by atoms with E-state index in [4.69, 9.17) is 20.7 Å². The van der Waals surface area contributed by atoms with Gasteiger partial charge in [0.1, 0.15) is 11.8 Å². The molecule has 0 saturated carbocycles. The summed E-state index contributed by atoms with van der Waals surface area (Å²) >= 11 is 0. The predicted molar refractivity (Wildman–Crippen MR) is 204 cm³/mol. The average Bonchev–Trinajstić information content (AvgIpc) is 3.88. The van der Waals surface area contributed by atoms with E-state index in [0.29, 0.717) is 48.7 Å². The fraction of sp³-hybridized carbons (Fsp3) is 0.326. The van der Waals surface area contributed by atoms with Crippen LogP contribution in [0, 0.1) is 27.3 Å². The molecule has 4 aromatic carbocycles. The van der Waals surface area contributed by atoms with Gasteiger partial charge in [0.15, 0.2) is 5.58 Å². The summed E-state index contributed by atoms with van der Waals surface area (Å²) < 4.78 is 12.1. The number of carboxylic acids is 1. The third-order valence-corrected chi connectivity index (χ3v) is 10.7. The first-order valence-corrected chi connectivity index (χ1v) is 17.9. The Bertz CT molecular complexity index is 2230. The fourth-order valence-corrected chi connectivity index (χ4v) is 7.81. The van der Waals surface area contributed by atoms with Crippen molar-refractivity contribution in [3.05, 3.63) is 111 Å². The maximum absolute atomic E-state index is 11.8. The number of rotatable bonds is 10. The average molecular weight is 697 g/mol. The molecular formula is C43H44N4O5. The van der Waals surface area contributed by atoms with Crippen molar-refractivity contribution in [1.29, 1.82) is 0 Å². The number of benzene rings is 4. The minimum atomic E-state index is -0.808. The summed E-state index contributed by atoms with van der Waals surface area (Å²) in [5, 5.41) is 19.6. The SMILES string of the molecule is [C-]#[N+]c1cc(CN2CCC[C@H]2C(=O)O)cc2nc(-c3cccc(-c4cccc(/C=C/c5cc(OC)c(CN6CC[C@@H](O)C6)cc5C)c4C)c3C)oc12. The van der Waals surface area contributed by atoms with Crippen molar-refractivity contribution in [2.75, 3.05) is 26.7 Å². The molecule has 0 amide bonds. The van der Waals surface area contributed by atoms with Crippen LogP contribution in [0.15, 0.2) is 65.1 Å². The van der Waals surface area contributed by atoms with E-state index < -0.39 is 12.0 Å². The molecule has 266 valence electrons. The molecule has 0 aliphatic carbocycles. The molecule has 0 spiro atoms. The first kappa shape index (κ1) is 35.1. The van der Waals surface area contributed by atoms with Crippen LogP contribution in [0.25, 0.3) is 50.7 Å². The number of methoxy groups -OCH3 is 1. The Labute approximate surface area is 304 Å². The van der Waals surface area contributed by atoms with E-state index in [2.05, 4.69) is 79.1 Å². The number of hydrogen-bond acceptors (Lipinski definition) is 7. The van der Waals surface area contributed by atoms with Crippen molar-refractivity contribution in [2.45, 2.75) is 65.3 Å². The number of fused-ring (bicyclic) bond motifs is 1. The first-order chi connectivity index (χ1) is 25.1. The Kier molecular flexibility index (Phi) is 9.98.